The number of nitrogens with one attached hydrogen (secondary N) is 2. The lowest BCUT2D eigenvalue weighted by Crippen LogP contribution is -2.41. The van der Waals surface area contributed by atoms with Gasteiger partial charge in [0.25, 0.3) is 0 Å². The van der Waals surface area contributed by atoms with Crippen molar-refractivity contribution >= 4 is 17.6 Å². The first-order valence-electron chi connectivity index (χ1n) is 10.6. The SMILES string of the molecule is O=C(CN1CCCN(C(=O)Nc2ccccc2OC(F)F)CC1)NCCc1ccccc1. The van der Waals surface area contributed by atoms with E-state index in [-0.39, 0.29) is 29.9 Å². The average molecular weight is 446 g/mol. The van der Waals surface area contributed by atoms with Crippen LogP contribution < -0.4 is 15.4 Å². The van der Waals surface area contributed by atoms with Crippen molar-refractivity contribution in [3.8, 4) is 5.75 Å². The fourth-order valence-corrected chi connectivity index (χ4v) is 3.54. The molecule has 0 atom stereocenters. The number of anilines is 1. The van der Waals surface area contributed by atoms with Crippen LogP contribution in [-0.2, 0) is 11.2 Å². The number of para-hydroxylation sites is 2. The highest BCUT2D eigenvalue weighted by Gasteiger charge is 2.21. The largest absolute Gasteiger partial charge is 0.433 e. The van der Waals surface area contributed by atoms with Gasteiger partial charge in [0.1, 0.15) is 5.75 Å². The van der Waals surface area contributed by atoms with Crippen LogP contribution in [0.3, 0.4) is 0 Å². The van der Waals surface area contributed by atoms with Gasteiger partial charge in [-0.25, -0.2) is 4.79 Å². The van der Waals surface area contributed by atoms with Gasteiger partial charge in [-0.15, -0.1) is 0 Å². The number of rotatable bonds is 8. The van der Waals surface area contributed by atoms with Crippen molar-refractivity contribution in [1.29, 1.82) is 0 Å². The van der Waals surface area contributed by atoms with Crippen molar-refractivity contribution in [2.75, 3.05) is 44.6 Å². The predicted octanol–water partition coefficient (Wildman–Crippen LogP) is 3.19. The standard InChI is InChI=1S/C23H28F2N4O3/c24-22(25)32-20-10-5-4-9-19(20)27-23(31)29-14-6-13-28(15-16-29)17-21(30)26-12-11-18-7-2-1-3-8-18/h1-5,7-10,22H,6,11-17H2,(H,26,30)(H,27,31). The van der Waals surface area contributed by atoms with Gasteiger partial charge in [0.05, 0.1) is 12.2 Å². The lowest BCUT2D eigenvalue weighted by molar-refractivity contribution is -0.122. The van der Waals surface area contributed by atoms with Crippen LogP contribution in [0.4, 0.5) is 19.3 Å². The third kappa shape index (κ3) is 7.49. The zero-order chi connectivity index (χ0) is 22.8. The van der Waals surface area contributed by atoms with Crippen molar-refractivity contribution < 1.29 is 23.1 Å². The van der Waals surface area contributed by atoms with Crippen molar-refractivity contribution in [3.63, 3.8) is 0 Å². The van der Waals surface area contributed by atoms with Gasteiger partial charge in [0.2, 0.25) is 5.91 Å². The van der Waals surface area contributed by atoms with Crippen LogP contribution in [0.5, 0.6) is 5.75 Å². The van der Waals surface area contributed by atoms with E-state index in [1.165, 1.54) is 17.7 Å². The number of alkyl halides is 2. The lowest BCUT2D eigenvalue weighted by Gasteiger charge is -2.22. The molecule has 0 spiro atoms. The lowest BCUT2D eigenvalue weighted by atomic mass is 10.1. The van der Waals surface area contributed by atoms with E-state index in [0.717, 1.165) is 6.42 Å². The third-order valence-corrected chi connectivity index (χ3v) is 5.17. The fraction of sp³-hybridized carbons (Fsp3) is 0.391. The first-order chi connectivity index (χ1) is 15.5. The molecule has 1 heterocycles. The van der Waals surface area contributed by atoms with Gasteiger partial charge in [-0.1, -0.05) is 42.5 Å². The molecular weight excluding hydrogens is 418 g/mol. The highest BCUT2D eigenvalue weighted by Crippen LogP contribution is 2.25. The van der Waals surface area contributed by atoms with Crippen molar-refractivity contribution in [2.45, 2.75) is 19.5 Å². The van der Waals surface area contributed by atoms with Crippen LogP contribution in [-0.4, -0.2) is 67.6 Å². The van der Waals surface area contributed by atoms with Gasteiger partial charge in [0.15, 0.2) is 0 Å². The molecule has 1 saturated heterocycles. The zero-order valence-corrected chi connectivity index (χ0v) is 17.8. The summed E-state index contributed by atoms with van der Waals surface area (Å²) in [6, 6.07) is 15.7. The molecule has 3 amide bonds. The van der Waals surface area contributed by atoms with E-state index >= 15 is 0 Å². The van der Waals surface area contributed by atoms with Gasteiger partial charge < -0.3 is 20.3 Å². The first kappa shape index (κ1) is 23.5. The van der Waals surface area contributed by atoms with Gasteiger partial charge in [0, 0.05) is 32.7 Å². The van der Waals surface area contributed by atoms with Crippen LogP contribution in [0.2, 0.25) is 0 Å². The highest BCUT2D eigenvalue weighted by atomic mass is 19.3. The van der Waals surface area contributed by atoms with Crippen molar-refractivity contribution in [3.05, 3.63) is 60.2 Å². The number of ether oxygens (including phenoxy) is 1. The smallest absolute Gasteiger partial charge is 0.387 e. The minimum Gasteiger partial charge on any atom is -0.433 e. The van der Waals surface area contributed by atoms with Gasteiger partial charge in [-0.3, -0.25) is 9.69 Å². The summed E-state index contributed by atoms with van der Waals surface area (Å²) < 4.78 is 29.6. The normalized spacial score (nSPS) is 14.7. The average Bonchev–Trinajstić information content (AvgIpc) is 3.01. The second-order valence-corrected chi connectivity index (χ2v) is 7.51. The Morgan fingerprint density at radius 3 is 2.50 bits per heavy atom. The molecule has 0 bridgehead atoms. The van der Waals surface area contributed by atoms with Gasteiger partial charge >= 0.3 is 12.6 Å². The summed E-state index contributed by atoms with van der Waals surface area (Å²) in [5.41, 5.74) is 1.36. The maximum Gasteiger partial charge on any atom is 0.387 e. The molecule has 2 N–H and O–H groups in total. The monoisotopic (exact) mass is 446 g/mol. The van der Waals surface area contributed by atoms with E-state index < -0.39 is 6.61 Å². The Labute approximate surface area is 186 Å². The molecule has 2 aromatic rings. The molecule has 9 heteroatoms. The molecule has 7 nitrogen and oxygen atoms in total. The molecule has 1 aliphatic heterocycles. The summed E-state index contributed by atoms with van der Waals surface area (Å²) in [5.74, 6) is -0.128. The Kier molecular flexibility index (Phi) is 8.79. The number of nitrogens with zero attached hydrogens (tertiary/aromatic N) is 2. The number of carbonyl (C=O) groups is 2. The number of hydrogen-bond acceptors (Lipinski definition) is 4. The molecule has 3 rings (SSSR count). The molecule has 1 fully saturated rings. The number of amides is 3. The Hall–Kier alpha value is -3.20. The molecule has 0 aliphatic carbocycles. The fourth-order valence-electron chi connectivity index (χ4n) is 3.54. The molecule has 2 aromatic carbocycles. The van der Waals surface area contributed by atoms with Gasteiger partial charge in [-0.2, -0.15) is 8.78 Å². The Balaban J connectivity index is 1.43. The highest BCUT2D eigenvalue weighted by molar-refractivity contribution is 5.91. The number of carbonyl (C=O) groups excluding carboxylic acids is 2. The van der Waals surface area contributed by atoms with Crippen LogP contribution in [0, 0.1) is 0 Å². The maximum atomic E-state index is 12.6. The number of hydrogen-bond donors (Lipinski definition) is 2. The Morgan fingerprint density at radius 1 is 0.969 bits per heavy atom. The molecular formula is C23H28F2N4O3. The predicted molar refractivity (Wildman–Crippen MR) is 118 cm³/mol. The van der Waals surface area contributed by atoms with E-state index in [4.69, 9.17) is 0 Å². The van der Waals surface area contributed by atoms with Crippen LogP contribution in [0.15, 0.2) is 54.6 Å². The summed E-state index contributed by atoms with van der Waals surface area (Å²) in [4.78, 5) is 28.5. The summed E-state index contributed by atoms with van der Waals surface area (Å²) in [6.07, 6.45) is 1.48. The van der Waals surface area contributed by atoms with E-state index in [1.807, 2.05) is 35.2 Å². The van der Waals surface area contributed by atoms with E-state index in [0.29, 0.717) is 39.1 Å². The van der Waals surface area contributed by atoms with Crippen molar-refractivity contribution in [1.82, 2.24) is 15.1 Å². The Morgan fingerprint density at radius 2 is 1.72 bits per heavy atom. The zero-order valence-electron chi connectivity index (χ0n) is 17.8. The molecule has 1 aliphatic rings. The molecule has 32 heavy (non-hydrogen) atoms. The summed E-state index contributed by atoms with van der Waals surface area (Å²) in [7, 11) is 0. The molecule has 0 saturated carbocycles. The topological polar surface area (TPSA) is 73.9 Å². The first-order valence-corrected chi connectivity index (χ1v) is 10.6. The molecule has 172 valence electrons. The number of benzene rings is 2. The third-order valence-electron chi connectivity index (χ3n) is 5.17. The van der Waals surface area contributed by atoms with Crippen LogP contribution in [0.25, 0.3) is 0 Å². The van der Waals surface area contributed by atoms with Crippen LogP contribution in [0.1, 0.15) is 12.0 Å². The summed E-state index contributed by atoms with van der Waals surface area (Å²) in [6.45, 7) is 0.0614. The second-order valence-electron chi connectivity index (χ2n) is 7.51. The summed E-state index contributed by atoms with van der Waals surface area (Å²) >= 11 is 0. The quantitative estimate of drug-likeness (QED) is 0.653. The minimum atomic E-state index is -2.97. The second kappa shape index (κ2) is 12.0. The van der Waals surface area contributed by atoms with Crippen molar-refractivity contribution in [2.24, 2.45) is 0 Å². The van der Waals surface area contributed by atoms with E-state index in [1.54, 1.807) is 17.0 Å². The van der Waals surface area contributed by atoms with Gasteiger partial charge in [-0.05, 0) is 30.5 Å². The number of urea groups is 1. The van der Waals surface area contributed by atoms with E-state index in [2.05, 4.69) is 15.4 Å². The minimum absolute atomic E-state index is 0.0445. The molecule has 0 unspecified atom stereocenters. The van der Waals surface area contributed by atoms with E-state index in [9.17, 15) is 18.4 Å². The van der Waals surface area contributed by atoms with Crippen LogP contribution >= 0.6 is 0 Å². The summed E-state index contributed by atoms with van der Waals surface area (Å²) in [5, 5.41) is 5.58. The number of halogens is 2. The molecule has 0 radical (unpaired) electrons. The molecule has 0 aromatic heterocycles. The maximum absolute atomic E-state index is 12.6. The Bertz CT molecular complexity index is 883.